The van der Waals surface area contributed by atoms with Gasteiger partial charge in [0, 0.05) is 12.2 Å². The summed E-state index contributed by atoms with van der Waals surface area (Å²) >= 11 is 0. The highest BCUT2D eigenvalue weighted by Crippen LogP contribution is 2.29. The van der Waals surface area contributed by atoms with Crippen LogP contribution in [-0.2, 0) is 22.7 Å². The Labute approximate surface area is 238 Å². The third kappa shape index (κ3) is 6.36. The first kappa shape index (κ1) is 27.4. The molecule has 9 heteroatoms. The highest BCUT2D eigenvalue weighted by atomic mass is 16.5. The van der Waals surface area contributed by atoms with Crippen LogP contribution in [0.4, 0.5) is 5.69 Å². The van der Waals surface area contributed by atoms with Crippen molar-refractivity contribution < 1.29 is 19.1 Å². The molecule has 1 N–H and O–H groups in total. The molecule has 4 aromatic carbocycles. The maximum absolute atomic E-state index is 14.1. The SMILES string of the molecule is COc1ccc(NC(=O)C(c2cccc(OC)c2)N(Cc2ccc(C)cc2)C(=O)Cn2nnc3ccccc32)cc1. The number of carbonyl (C=O) groups excluding carboxylic acids is 2. The summed E-state index contributed by atoms with van der Waals surface area (Å²) < 4.78 is 12.3. The highest BCUT2D eigenvalue weighted by molar-refractivity contribution is 5.98. The number of aryl methyl sites for hydroxylation is 1. The highest BCUT2D eigenvalue weighted by Gasteiger charge is 2.32. The number of benzene rings is 4. The van der Waals surface area contributed by atoms with Gasteiger partial charge in [0.25, 0.3) is 5.91 Å². The number of nitrogens with zero attached hydrogens (tertiary/aromatic N) is 4. The average molecular weight is 550 g/mol. The fourth-order valence-corrected chi connectivity index (χ4v) is 4.64. The van der Waals surface area contributed by atoms with Crippen LogP contribution in [0.5, 0.6) is 11.5 Å². The molecule has 1 heterocycles. The van der Waals surface area contributed by atoms with Crippen LogP contribution < -0.4 is 14.8 Å². The van der Waals surface area contributed by atoms with Crippen molar-refractivity contribution in [1.82, 2.24) is 19.9 Å². The van der Waals surface area contributed by atoms with Crippen molar-refractivity contribution in [3.05, 3.63) is 114 Å². The minimum Gasteiger partial charge on any atom is -0.497 e. The van der Waals surface area contributed by atoms with E-state index >= 15 is 0 Å². The van der Waals surface area contributed by atoms with E-state index in [-0.39, 0.29) is 24.9 Å². The van der Waals surface area contributed by atoms with E-state index in [1.807, 2.05) is 61.5 Å². The molecule has 0 saturated heterocycles. The maximum atomic E-state index is 14.1. The van der Waals surface area contributed by atoms with Gasteiger partial charge in [0.1, 0.15) is 29.6 Å². The van der Waals surface area contributed by atoms with Gasteiger partial charge in [0.2, 0.25) is 5.91 Å². The molecule has 2 amide bonds. The lowest BCUT2D eigenvalue weighted by molar-refractivity contribution is -0.140. The van der Waals surface area contributed by atoms with E-state index in [9.17, 15) is 9.59 Å². The molecule has 0 spiro atoms. The van der Waals surface area contributed by atoms with Gasteiger partial charge in [-0.2, -0.15) is 0 Å². The van der Waals surface area contributed by atoms with Gasteiger partial charge in [-0.25, -0.2) is 4.68 Å². The fraction of sp³-hybridized carbons (Fsp3) is 0.188. The van der Waals surface area contributed by atoms with Crippen LogP contribution in [0, 0.1) is 6.92 Å². The molecule has 1 unspecified atom stereocenters. The van der Waals surface area contributed by atoms with Crippen LogP contribution in [-0.4, -0.2) is 45.9 Å². The molecule has 0 fully saturated rings. The van der Waals surface area contributed by atoms with Gasteiger partial charge in [-0.05, 0) is 66.6 Å². The van der Waals surface area contributed by atoms with E-state index in [0.29, 0.717) is 28.3 Å². The Morgan fingerprint density at radius 3 is 2.34 bits per heavy atom. The smallest absolute Gasteiger partial charge is 0.251 e. The number of hydrogen-bond acceptors (Lipinski definition) is 6. The second-order valence-corrected chi connectivity index (χ2v) is 9.64. The Bertz CT molecular complexity index is 1650. The zero-order valence-corrected chi connectivity index (χ0v) is 23.2. The monoisotopic (exact) mass is 549 g/mol. The molecule has 1 atom stereocenters. The van der Waals surface area contributed by atoms with Crippen molar-refractivity contribution in [2.75, 3.05) is 19.5 Å². The van der Waals surface area contributed by atoms with E-state index < -0.39 is 6.04 Å². The second kappa shape index (κ2) is 12.3. The standard InChI is InChI=1S/C32H31N5O4/c1-22-11-13-23(14-12-22)20-36(30(38)21-37-29-10-5-4-9-28(29)34-35-37)31(24-7-6-8-27(19-24)41-3)32(39)33-25-15-17-26(40-2)18-16-25/h4-19,31H,20-21H2,1-3H3,(H,33,39). The number of carbonyl (C=O) groups is 2. The Hall–Kier alpha value is -5.18. The van der Waals surface area contributed by atoms with E-state index in [1.54, 1.807) is 66.3 Å². The summed E-state index contributed by atoms with van der Waals surface area (Å²) in [7, 11) is 3.15. The number of anilines is 1. The van der Waals surface area contributed by atoms with Gasteiger partial charge < -0.3 is 19.7 Å². The number of methoxy groups -OCH3 is 2. The molecule has 5 rings (SSSR count). The van der Waals surface area contributed by atoms with Gasteiger partial charge >= 0.3 is 0 Å². The molecule has 5 aromatic rings. The van der Waals surface area contributed by atoms with E-state index in [1.165, 1.54) is 0 Å². The third-order valence-electron chi connectivity index (χ3n) is 6.83. The summed E-state index contributed by atoms with van der Waals surface area (Å²) in [6.45, 7) is 2.11. The maximum Gasteiger partial charge on any atom is 0.251 e. The van der Waals surface area contributed by atoms with E-state index in [2.05, 4.69) is 15.6 Å². The number of amides is 2. The summed E-state index contributed by atoms with van der Waals surface area (Å²) in [4.78, 5) is 29.8. The third-order valence-corrected chi connectivity index (χ3v) is 6.83. The van der Waals surface area contributed by atoms with Gasteiger partial charge in [0.15, 0.2) is 0 Å². The second-order valence-electron chi connectivity index (χ2n) is 9.64. The molecule has 0 aliphatic rings. The summed E-state index contributed by atoms with van der Waals surface area (Å²) in [6.07, 6.45) is 0. The minimum absolute atomic E-state index is 0.0946. The molecular formula is C32H31N5O4. The lowest BCUT2D eigenvalue weighted by Gasteiger charge is -2.32. The van der Waals surface area contributed by atoms with Crippen molar-refractivity contribution in [3.8, 4) is 11.5 Å². The van der Waals surface area contributed by atoms with Gasteiger partial charge in [0.05, 0.1) is 19.7 Å². The van der Waals surface area contributed by atoms with Gasteiger partial charge in [-0.1, -0.05) is 59.3 Å². The number of aromatic nitrogens is 3. The van der Waals surface area contributed by atoms with Gasteiger partial charge in [-0.3, -0.25) is 9.59 Å². The topological polar surface area (TPSA) is 98.6 Å². The lowest BCUT2D eigenvalue weighted by atomic mass is 10.0. The first-order chi connectivity index (χ1) is 19.9. The Morgan fingerprint density at radius 1 is 0.878 bits per heavy atom. The molecule has 0 saturated carbocycles. The summed E-state index contributed by atoms with van der Waals surface area (Å²) in [5, 5.41) is 11.4. The van der Waals surface area contributed by atoms with Crippen LogP contribution in [0.25, 0.3) is 11.0 Å². The number of hydrogen-bond donors (Lipinski definition) is 1. The summed E-state index contributed by atoms with van der Waals surface area (Å²) in [6, 6.07) is 28.6. The molecule has 0 bridgehead atoms. The zero-order chi connectivity index (χ0) is 28.8. The molecule has 0 aliphatic heterocycles. The number of fused-ring (bicyclic) bond motifs is 1. The molecule has 0 radical (unpaired) electrons. The van der Waals surface area contributed by atoms with Crippen LogP contribution >= 0.6 is 0 Å². The van der Waals surface area contributed by atoms with Crippen molar-refractivity contribution in [2.24, 2.45) is 0 Å². The number of para-hydroxylation sites is 1. The average Bonchev–Trinajstić information content (AvgIpc) is 3.41. The summed E-state index contributed by atoms with van der Waals surface area (Å²) in [5.41, 5.74) is 4.59. The normalized spacial score (nSPS) is 11.6. The Kier molecular flexibility index (Phi) is 8.24. The van der Waals surface area contributed by atoms with Crippen LogP contribution in [0.2, 0.25) is 0 Å². The number of ether oxygens (including phenoxy) is 2. The molecule has 208 valence electrons. The van der Waals surface area contributed by atoms with E-state index in [0.717, 1.165) is 16.6 Å². The predicted octanol–water partition coefficient (Wildman–Crippen LogP) is 5.17. The molecule has 1 aromatic heterocycles. The first-order valence-electron chi connectivity index (χ1n) is 13.2. The fourth-order valence-electron chi connectivity index (χ4n) is 4.64. The Balaban J connectivity index is 1.55. The largest absolute Gasteiger partial charge is 0.497 e. The molecule has 9 nitrogen and oxygen atoms in total. The molecule has 0 aliphatic carbocycles. The summed E-state index contributed by atoms with van der Waals surface area (Å²) in [5.74, 6) is 0.588. The lowest BCUT2D eigenvalue weighted by Crippen LogP contribution is -2.42. The quantitative estimate of drug-likeness (QED) is 0.258. The van der Waals surface area contributed by atoms with Crippen molar-refractivity contribution in [1.29, 1.82) is 0 Å². The number of rotatable bonds is 10. The molecular weight excluding hydrogens is 518 g/mol. The van der Waals surface area contributed by atoms with Crippen LogP contribution in [0.15, 0.2) is 97.1 Å². The van der Waals surface area contributed by atoms with Gasteiger partial charge in [-0.15, -0.1) is 5.10 Å². The van der Waals surface area contributed by atoms with Crippen molar-refractivity contribution >= 4 is 28.5 Å². The van der Waals surface area contributed by atoms with Crippen molar-refractivity contribution in [3.63, 3.8) is 0 Å². The predicted molar refractivity (Wildman–Crippen MR) is 157 cm³/mol. The first-order valence-corrected chi connectivity index (χ1v) is 13.2. The van der Waals surface area contributed by atoms with Crippen molar-refractivity contribution in [2.45, 2.75) is 26.1 Å². The van der Waals surface area contributed by atoms with Crippen LogP contribution in [0.3, 0.4) is 0 Å². The zero-order valence-electron chi connectivity index (χ0n) is 23.2. The number of nitrogens with one attached hydrogen (secondary N) is 1. The minimum atomic E-state index is -0.976. The van der Waals surface area contributed by atoms with Crippen LogP contribution in [0.1, 0.15) is 22.7 Å². The molecule has 41 heavy (non-hydrogen) atoms. The Morgan fingerprint density at radius 2 is 1.61 bits per heavy atom. The van der Waals surface area contributed by atoms with E-state index in [4.69, 9.17) is 9.47 Å².